The van der Waals surface area contributed by atoms with E-state index in [-0.39, 0.29) is 0 Å². The van der Waals surface area contributed by atoms with Gasteiger partial charge in [-0.1, -0.05) is 133 Å². The maximum Gasteiger partial charge on any atom is 0.227 e. The highest BCUT2D eigenvalue weighted by molar-refractivity contribution is 6.18. The fraction of sp³-hybridized carbons (Fsp3) is 0. The number of rotatable bonds is 6. The molecular weight excluding hydrogens is 673 g/mol. The normalized spacial score (nSPS) is 11.6. The average Bonchev–Trinajstić information content (AvgIpc) is 3.87. The van der Waals surface area contributed by atoms with Crippen molar-refractivity contribution in [3.63, 3.8) is 0 Å². The van der Waals surface area contributed by atoms with Gasteiger partial charge in [0.05, 0.1) is 5.69 Å². The molecule has 11 rings (SSSR count). The third kappa shape index (κ3) is 5.26. The highest BCUT2D eigenvalue weighted by Gasteiger charge is 2.20. The molecule has 0 bridgehead atoms. The Hall–Kier alpha value is -7.43. The zero-order chi connectivity index (χ0) is 36.3. The van der Waals surface area contributed by atoms with Crippen LogP contribution in [-0.4, -0.2) is 4.98 Å². The molecule has 4 nitrogen and oxygen atoms in total. The van der Waals surface area contributed by atoms with Crippen LogP contribution in [0, 0.1) is 0 Å². The predicted molar refractivity (Wildman–Crippen MR) is 227 cm³/mol. The predicted octanol–water partition coefficient (Wildman–Crippen LogP) is 14.5. The zero-order valence-electron chi connectivity index (χ0n) is 29.7. The number of fused-ring (bicyclic) bond motifs is 8. The van der Waals surface area contributed by atoms with Crippen molar-refractivity contribution >= 4 is 71.6 Å². The molecule has 0 amide bonds. The van der Waals surface area contributed by atoms with Gasteiger partial charge in [0.2, 0.25) is 5.89 Å². The van der Waals surface area contributed by atoms with Crippen molar-refractivity contribution in [2.24, 2.45) is 0 Å². The van der Waals surface area contributed by atoms with Gasteiger partial charge < -0.3 is 13.7 Å². The van der Waals surface area contributed by atoms with Crippen LogP contribution < -0.4 is 4.90 Å². The largest absolute Gasteiger partial charge is 0.454 e. The molecule has 0 radical (unpaired) electrons. The van der Waals surface area contributed by atoms with Crippen molar-refractivity contribution in [3.05, 3.63) is 194 Å². The highest BCUT2D eigenvalue weighted by atomic mass is 16.3. The topological polar surface area (TPSA) is 42.4 Å². The number of benzene rings is 9. The Morgan fingerprint density at radius 3 is 1.73 bits per heavy atom. The van der Waals surface area contributed by atoms with Gasteiger partial charge in [-0.25, -0.2) is 4.98 Å². The van der Waals surface area contributed by atoms with Gasteiger partial charge >= 0.3 is 0 Å². The molecule has 11 aromatic rings. The Bertz CT molecular complexity index is 3180. The molecule has 0 N–H and O–H groups in total. The Morgan fingerprint density at radius 2 is 0.964 bits per heavy atom. The average molecular weight is 705 g/mol. The van der Waals surface area contributed by atoms with Crippen LogP contribution in [0.2, 0.25) is 0 Å². The summed E-state index contributed by atoms with van der Waals surface area (Å²) in [6.07, 6.45) is 0. The van der Waals surface area contributed by atoms with E-state index in [9.17, 15) is 0 Å². The summed E-state index contributed by atoms with van der Waals surface area (Å²) in [4.78, 5) is 7.16. The molecule has 0 saturated carbocycles. The molecule has 258 valence electrons. The van der Waals surface area contributed by atoms with E-state index >= 15 is 0 Å². The van der Waals surface area contributed by atoms with E-state index in [0.717, 1.165) is 88.3 Å². The monoisotopic (exact) mass is 704 g/mol. The number of anilines is 3. The van der Waals surface area contributed by atoms with Crippen molar-refractivity contribution in [1.82, 2.24) is 4.98 Å². The minimum absolute atomic E-state index is 0.629. The lowest BCUT2D eigenvalue weighted by Gasteiger charge is -2.26. The Balaban J connectivity index is 1.03. The number of oxazole rings is 1. The van der Waals surface area contributed by atoms with Crippen LogP contribution in [-0.2, 0) is 0 Å². The molecule has 0 fully saturated rings. The van der Waals surface area contributed by atoms with Gasteiger partial charge in [0.1, 0.15) is 11.1 Å². The van der Waals surface area contributed by atoms with Crippen LogP contribution >= 0.6 is 0 Å². The molecular formula is C51H32N2O2. The molecule has 2 heterocycles. The first-order valence-electron chi connectivity index (χ1n) is 18.5. The first kappa shape index (κ1) is 31.1. The van der Waals surface area contributed by atoms with E-state index < -0.39 is 0 Å². The molecule has 2 aromatic heterocycles. The summed E-state index contributed by atoms with van der Waals surface area (Å²) in [5.74, 6) is 0.629. The minimum atomic E-state index is 0.629. The van der Waals surface area contributed by atoms with Crippen molar-refractivity contribution in [1.29, 1.82) is 0 Å². The number of furan rings is 1. The lowest BCUT2D eigenvalue weighted by molar-refractivity contribution is 0.623. The van der Waals surface area contributed by atoms with Gasteiger partial charge in [0, 0.05) is 33.1 Å². The molecule has 4 heteroatoms. The molecule has 55 heavy (non-hydrogen) atoms. The van der Waals surface area contributed by atoms with E-state index in [4.69, 9.17) is 13.8 Å². The number of hydrogen-bond donors (Lipinski definition) is 0. The van der Waals surface area contributed by atoms with Crippen LogP contribution in [0.15, 0.2) is 203 Å². The van der Waals surface area contributed by atoms with Gasteiger partial charge in [0.15, 0.2) is 11.2 Å². The summed E-state index contributed by atoms with van der Waals surface area (Å²) in [5, 5.41) is 6.69. The molecule has 0 atom stereocenters. The fourth-order valence-electron chi connectivity index (χ4n) is 7.98. The van der Waals surface area contributed by atoms with Gasteiger partial charge in [-0.05, 0) is 99.1 Å². The Labute approximate surface area is 317 Å². The third-order valence-corrected chi connectivity index (χ3v) is 10.7. The van der Waals surface area contributed by atoms with Crippen LogP contribution in [0.3, 0.4) is 0 Å². The number of hydrogen-bond acceptors (Lipinski definition) is 4. The molecule has 0 spiro atoms. The fourth-order valence-corrected chi connectivity index (χ4v) is 7.98. The summed E-state index contributed by atoms with van der Waals surface area (Å²) in [6, 6.07) is 68.1. The summed E-state index contributed by atoms with van der Waals surface area (Å²) in [5.41, 5.74) is 12.0. The third-order valence-electron chi connectivity index (χ3n) is 10.7. The highest BCUT2D eigenvalue weighted by Crippen LogP contribution is 2.43. The molecule has 0 unspecified atom stereocenters. The van der Waals surface area contributed by atoms with Crippen LogP contribution in [0.4, 0.5) is 17.1 Å². The van der Waals surface area contributed by atoms with Crippen molar-refractivity contribution < 1.29 is 8.83 Å². The van der Waals surface area contributed by atoms with E-state index in [2.05, 4.69) is 150 Å². The lowest BCUT2D eigenvalue weighted by Crippen LogP contribution is -2.10. The lowest BCUT2D eigenvalue weighted by atomic mass is 9.96. The van der Waals surface area contributed by atoms with Crippen LogP contribution in [0.1, 0.15) is 0 Å². The van der Waals surface area contributed by atoms with Crippen molar-refractivity contribution in [3.8, 4) is 33.7 Å². The Morgan fingerprint density at radius 1 is 0.382 bits per heavy atom. The molecule has 0 aliphatic rings. The second kappa shape index (κ2) is 12.6. The van der Waals surface area contributed by atoms with Crippen LogP contribution in [0.5, 0.6) is 0 Å². The van der Waals surface area contributed by atoms with Gasteiger partial charge in [-0.2, -0.15) is 0 Å². The molecule has 0 saturated heterocycles. The summed E-state index contributed by atoms with van der Waals surface area (Å²) >= 11 is 0. The minimum Gasteiger partial charge on any atom is -0.454 e. The molecule has 0 aliphatic carbocycles. The Kier molecular flexibility index (Phi) is 7.14. The maximum atomic E-state index is 6.57. The van der Waals surface area contributed by atoms with Gasteiger partial charge in [-0.3, -0.25) is 0 Å². The summed E-state index contributed by atoms with van der Waals surface area (Å²) in [7, 11) is 0. The van der Waals surface area contributed by atoms with E-state index in [1.54, 1.807) is 0 Å². The van der Waals surface area contributed by atoms with Crippen molar-refractivity contribution in [2.75, 3.05) is 4.90 Å². The number of nitrogens with zero attached hydrogens (tertiary/aromatic N) is 2. The summed E-state index contributed by atoms with van der Waals surface area (Å²) in [6.45, 7) is 0. The van der Waals surface area contributed by atoms with Crippen molar-refractivity contribution in [2.45, 2.75) is 0 Å². The van der Waals surface area contributed by atoms with Gasteiger partial charge in [-0.15, -0.1) is 0 Å². The maximum absolute atomic E-state index is 6.57. The second-order valence-electron chi connectivity index (χ2n) is 13.9. The second-order valence-corrected chi connectivity index (χ2v) is 13.9. The SMILES string of the molecule is c1ccc(-c2ccc(N(c3ccc(-c4ccc5ccc6ccc7nc(-c8ccccc8)oc7c6c5c4)cc3)c3cccc4c3oc3ccccc34)cc2)cc1. The first-order valence-corrected chi connectivity index (χ1v) is 18.5. The molecule has 9 aromatic carbocycles. The molecule has 0 aliphatic heterocycles. The first-order chi connectivity index (χ1) is 27.2. The quantitative estimate of drug-likeness (QED) is 0.162. The number of aromatic nitrogens is 1. The number of para-hydroxylation sites is 2. The van der Waals surface area contributed by atoms with E-state index in [1.807, 2.05) is 48.5 Å². The van der Waals surface area contributed by atoms with E-state index in [0.29, 0.717) is 5.89 Å². The van der Waals surface area contributed by atoms with Crippen LogP contribution in [0.25, 0.3) is 88.3 Å². The van der Waals surface area contributed by atoms with Gasteiger partial charge in [0.25, 0.3) is 0 Å². The van der Waals surface area contributed by atoms with E-state index in [1.165, 1.54) is 11.1 Å². The standard InChI is InChI=1S/C51H32N2O2/c1-3-10-33(11-4-1)34-22-27-40(28-23-34)53(46-16-9-15-43-42-14-7-8-17-47(42)54-49(43)46)41-29-24-35(25-30-41)39-21-19-36-18-20-37-26-31-45-50(48(37)44(36)32-39)55-51(52-45)38-12-5-2-6-13-38/h1-32H. The summed E-state index contributed by atoms with van der Waals surface area (Å²) < 4.78 is 13.1. The zero-order valence-corrected chi connectivity index (χ0v) is 29.7. The smallest absolute Gasteiger partial charge is 0.227 e.